The van der Waals surface area contributed by atoms with Gasteiger partial charge in [0.2, 0.25) is 5.95 Å². The molecule has 0 radical (unpaired) electrons. The first-order valence-electron chi connectivity index (χ1n) is 8.73. The molecule has 2 bridgehead atoms. The maximum atomic E-state index is 9.51. The van der Waals surface area contributed by atoms with Crippen LogP contribution in [0.3, 0.4) is 0 Å². The number of fused-ring (bicyclic) bond motifs is 3. The number of nitrogen functional groups attached to an aromatic ring is 1. The molecule has 2 aromatic rings. The third-order valence-electron chi connectivity index (χ3n) is 5.54. The number of methoxy groups -OCH3 is 2. The minimum atomic E-state index is 0.262. The van der Waals surface area contributed by atoms with Gasteiger partial charge in [-0.15, -0.1) is 0 Å². The van der Waals surface area contributed by atoms with Gasteiger partial charge >= 0.3 is 0 Å². The number of benzene rings is 1. The summed E-state index contributed by atoms with van der Waals surface area (Å²) in [6, 6.07) is 4.43. The van der Waals surface area contributed by atoms with Gasteiger partial charge in [-0.05, 0) is 37.7 Å². The molecule has 134 valence electrons. The fraction of sp³-hybridized carbons (Fsp3) is 0.556. The van der Waals surface area contributed by atoms with Crippen LogP contribution < -0.4 is 20.1 Å². The van der Waals surface area contributed by atoms with Crippen molar-refractivity contribution in [2.45, 2.75) is 37.8 Å². The minimum absolute atomic E-state index is 0.262. The molecule has 1 aromatic carbocycles. The first-order chi connectivity index (χ1) is 12.1. The summed E-state index contributed by atoms with van der Waals surface area (Å²) in [5, 5.41) is 10.3. The average molecular weight is 344 g/mol. The lowest BCUT2D eigenvalue weighted by molar-refractivity contribution is 0.185. The second-order valence-corrected chi connectivity index (χ2v) is 6.95. The van der Waals surface area contributed by atoms with Crippen LogP contribution in [-0.2, 0) is 0 Å². The maximum absolute atomic E-state index is 9.51. The molecule has 0 saturated carbocycles. The van der Waals surface area contributed by atoms with Crippen LogP contribution in [0.5, 0.6) is 11.5 Å². The van der Waals surface area contributed by atoms with Gasteiger partial charge in [0.25, 0.3) is 0 Å². The van der Waals surface area contributed by atoms with Gasteiger partial charge in [0.05, 0.1) is 19.7 Å². The molecule has 0 spiro atoms. The van der Waals surface area contributed by atoms with Crippen molar-refractivity contribution in [3.05, 3.63) is 12.1 Å². The van der Waals surface area contributed by atoms with Gasteiger partial charge in [-0.1, -0.05) is 0 Å². The van der Waals surface area contributed by atoms with E-state index in [2.05, 4.69) is 9.88 Å². The number of aliphatic hydroxyl groups excluding tert-OH is 1. The number of aromatic nitrogens is 2. The standard InChI is InChI=1S/C18H24N4O3/c1-24-15-7-13-14(8-16(15)25-2)20-18(21-17(13)19)22-11-3-4-12(22)6-10(5-11)9-23/h7-8,10-12,23H,3-6,9H2,1-2H3,(H2,19,20,21)/t10?,11-,12+. The highest BCUT2D eigenvalue weighted by molar-refractivity contribution is 5.91. The topological polar surface area (TPSA) is 93.7 Å². The summed E-state index contributed by atoms with van der Waals surface area (Å²) in [6.07, 6.45) is 4.21. The van der Waals surface area contributed by atoms with E-state index in [9.17, 15) is 5.11 Å². The molecule has 3 N–H and O–H groups in total. The second kappa shape index (κ2) is 6.22. The number of hydrogen-bond donors (Lipinski definition) is 2. The fourth-order valence-corrected chi connectivity index (χ4v) is 4.35. The zero-order valence-corrected chi connectivity index (χ0v) is 14.6. The SMILES string of the molecule is COc1cc2nc(N3[C@@H]4CC[C@H]3CC(CO)C4)nc(N)c2cc1OC. The maximum Gasteiger partial charge on any atom is 0.228 e. The van der Waals surface area contributed by atoms with Crippen molar-refractivity contribution in [1.29, 1.82) is 0 Å². The average Bonchev–Trinajstić information content (AvgIpc) is 2.90. The Morgan fingerprint density at radius 3 is 2.36 bits per heavy atom. The molecule has 1 unspecified atom stereocenters. The van der Waals surface area contributed by atoms with Gasteiger partial charge in [-0.25, -0.2) is 4.98 Å². The van der Waals surface area contributed by atoms with E-state index in [-0.39, 0.29) is 6.61 Å². The zero-order valence-electron chi connectivity index (χ0n) is 14.6. The van der Waals surface area contributed by atoms with Crippen LogP contribution >= 0.6 is 0 Å². The second-order valence-electron chi connectivity index (χ2n) is 6.95. The lowest BCUT2D eigenvalue weighted by atomic mass is 9.92. The molecule has 2 fully saturated rings. The van der Waals surface area contributed by atoms with Crippen LogP contribution in [0.2, 0.25) is 0 Å². The summed E-state index contributed by atoms with van der Waals surface area (Å²) in [6.45, 7) is 0.262. The summed E-state index contributed by atoms with van der Waals surface area (Å²) in [7, 11) is 3.20. The van der Waals surface area contributed by atoms with Crippen LogP contribution in [-0.4, -0.2) is 48.0 Å². The highest BCUT2D eigenvalue weighted by atomic mass is 16.5. The molecule has 3 atom stereocenters. The van der Waals surface area contributed by atoms with Crippen molar-refractivity contribution in [2.24, 2.45) is 5.92 Å². The van der Waals surface area contributed by atoms with E-state index in [1.54, 1.807) is 14.2 Å². The molecule has 2 aliphatic rings. The number of anilines is 2. The number of rotatable bonds is 4. The van der Waals surface area contributed by atoms with E-state index in [4.69, 9.17) is 20.2 Å². The van der Waals surface area contributed by atoms with E-state index >= 15 is 0 Å². The monoisotopic (exact) mass is 344 g/mol. The number of ether oxygens (including phenoxy) is 2. The highest BCUT2D eigenvalue weighted by Gasteiger charge is 2.42. The van der Waals surface area contributed by atoms with E-state index in [0.29, 0.717) is 41.3 Å². The molecule has 3 heterocycles. The van der Waals surface area contributed by atoms with Gasteiger partial charge in [0, 0.05) is 30.1 Å². The van der Waals surface area contributed by atoms with Crippen LogP contribution in [0.4, 0.5) is 11.8 Å². The van der Waals surface area contributed by atoms with Gasteiger partial charge in [-0.2, -0.15) is 4.98 Å². The van der Waals surface area contributed by atoms with Crippen LogP contribution in [0, 0.1) is 5.92 Å². The first kappa shape index (κ1) is 16.2. The molecule has 7 nitrogen and oxygen atoms in total. The molecular weight excluding hydrogens is 320 g/mol. The summed E-state index contributed by atoms with van der Waals surface area (Å²) in [5.41, 5.74) is 6.98. The molecular formula is C18H24N4O3. The molecule has 0 amide bonds. The smallest absolute Gasteiger partial charge is 0.228 e. The third-order valence-corrected chi connectivity index (χ3v) is 5.54. The van der Waals surface area contributed by atoms with Crippen molar-refractivity contribution < 1.29 is 14.6 Å². The summed E-state index contributed by atoms with van der Waals surface area (Å²) >= 11 is 0. The van der Waals surface area contributed by atoms with Crippen molar-refractivity contribution in [3.8, 4) is 11.5 Å². The number of hydrogen-bond acceptors (Lipinski definition) is 7. The Labute approximate surface area is 146 Å². The number of piperidine rings is 1. The van der Waals surface area contributed by atoms with Crippen molar-refractivity contribution >= 4 is 22.7 Å². The van der Waals surface area contributed by atoms with Gasteiger partial charge in [-0.3, -0.25) is 0 Å². The van der Waals surface area contributed by atoms with Crippen molar-refractivity contribution in [1.82, 2.24) is 9.97 Å². The predicted molar refractivity (Wildman–Crippen MR) is 96.2 cm³/mol. The molecule has 0 aliphatic carbocycles. The summed E-state index contributed by atoms with van der Waals surface area (Å²) in [5.74, 6) is 2.75. The predicted octanol–water partition coefficient (Wildman–Crippen LogP) is 1.97. The lowest BCUT2D eigenvalue weighted by Crippen LogP contribution is -2.44. The van der Waals surface area contributed by atoms with Crippen LogP contribution in [0.15, 0.2) is 12.1 Å². The summed E-state index contributed by atoms with van der Waals surface area (Å²) in [4.78, 5) is 11.7. The van der Waals surface area contributed by atoms with Crippen molar-refractivity contribution in [3.63, 3.8) is 0 Å². The minimum Gasteiger partial charge on any atom is -0.493 e. The molecule has 4 rings (SSSR count). The number of nitrogens with two attached hydrogens (primary N) is 1. The number of aliphatic hydroxyl groups is 1. The largest absolute Gasteiger partial charge is 0.493 e. The Morgan fingerprint density at radius 1 is 1.12 bits per heavy atom. The Hall–Kier alpha value is -2.28. The number of nitrogens with zero attached hydrogens (tertiary/aromatic N) is 3. The molecule has 1 aromatic heterocycles. The van der Waals surface area contributed by atoms with E-state index in [0.717, 1.165) is 36.6 Å². The van der Waals surface area contributed by atoms with E-state index in [1.807, 2.05) is 12.1 Å². The Balaban J connectivity index is 1.76. The van der Waals surface area contributed by atoms with Crippen LogP contribution in [0.1, 0.15) is 25.7 Å². The van der Waals surface area contributed by atoms with E-state index < -0.39 is 0 Å². The third kappa shape index (κ3) is 2.63. The fourth-order valence-electron chi connectivity index (χ4n) is 4.35. The Morgan fingerprint density at radius 2 is 1.76 bits per heavy atom. The first-order valence-corrected chi connectivity index (χ1v) is 8.73. The highest BCUT2D eigenvalue weighted by Crippen LogP contribution is 2.41. The zero-order chi connectivity index (χ0) is 17.6. The van der Waals surface area contributed by atoms with Gasteiger partial charge in [0.15, 0.2) is 11.5 Å². The van der Waals surface area contributed by atoms with Crippen molar-refractivity contribution in [2.75, 3.05) is 31.5 Å². The Kier molecular flexibility index (Phi) is 4.03. The van der Waals surface area contributed by atoms with Gasteiger partial charge in [0.1, 0.15) is 5.82 Å². The quantitative estimate of drug-likeness (QED) is 0.876. The molecule has 25 heavy (non-hydrogen) atoms. The van der Waals surface area contributed by atoms with E-state index in [1.165, 1.54) is 0 Å². The lowest BCUT2D eigenvalue weighted by Gasteiger charge is -2.38. The molecule has 2 saturated heterocycles. The van der Waals surface area contributed by atoms with Gasteiger partial charge < -0.3 is 25.2 Å². The molecule has 2 aliphatic heterocycles. The Bertz CT molecular complexity index is 783. The normalized spacial score (nSPS) is 25.4. The van der Waals surface area contributed by atoms with Crippen LogP contribution in [0.25, 0.3) is 10.9 Å². The summed E-state index contributed by atoms with van der Waals surface area (Å²) < 4.78 is 10.7. The molecule has 7 heteroatoms.